The summed E-state index contributed by atoms with van der Waals surface area (Å²) in [6.07, 6.45) is 1.67. The maximum Gasteiger partial charge on any atom is 0.338 e. The van der Waals surface area contributed by atoms with Crippen molar-refractivity contribution in [1.29, 1.82) is 0 Å². The molecule has 1 amide bonds. The normalized spacial score (nSPS) is 14.8. The van der Waals surface area contributed by atoms with Crippen molar-refractivity contribution in [1.82, 2.24) is 9.62 Å². The lowest BCUT2D eigenvalue weighted by Crippen LogP contribution is -2.29. The molecule has 1 aromatic heterocycles. The summed E-state index contributed by atoms with van der Waals surface area (Å²) < 4.78 is 31.6. The number of sulfonamides is 1. The minimum atomic E-state index is -3.61. The van der Waals surface area contributed by atoms with Gasteiger partial charge in [-0.2, -0.15) is 4.31 Å². The molecule has 2 aromatic rings. The number of carbonyl (C=O) groups is 2. The second-order valence-corrected chi connectivity index (χ2v) is 9.04. The highest BCUT2D eigenvalue weighted by Crippen LogP contribution is 2.21. The lowest BCUT2D eigenvalue weighted by Gasteiger charge is -2.15. The molecule has 1 aromatic carbocycles. The predicted octanol–water partition coefficient (Wildman–Crippen LogP) is 2.01. The Balaban J connectivity index is 1.57. The Kier molecular flexibility index (Phi) is 6.25. The van der Waals surface area contributed by atoms with Crippen LogP contribution >= 0.6 is 11.3 Å². The van der Waals surface area contributed by atoms with Gasteiger partial charge in [-0.1, -0.05) is 12.1 Å². The predicted molar refractivity (Wildman–Crippen MR) is 101 cm³/mol. The average Bonchev–Trinajstić information content (AvgIpc) is 3.38. The van der Waals surface area contributed by atoms with Crippen LogP contribution in [0.25, 0.3) is 0 Å². The number of thiophene rings is 1. The number of amides is 1. The third-order valence-corrected chi connectivity index (χ3v) is 6.92. The van der Waals surface area contributed by atoms with E-state index in [1.165, 1.54) is 39.9 Å². The van der Waals surface area contributed by atoms with Crippen LogP contribution in [0.5, 0.6) is 0 Å². The number of nitrogens with one attached hydrogen (secondary N) is 1. The van der Waals surface area contributed by atoms with Gasteiger partial charge < -0.3 is 10.1 Å². The minimum absolute atomic E-state index is 0.0565. The fourth-order valence-electron chi connectivity index (χ4n) is 2.73. The second kappa shape index (κ2) is 8.64. The molecule has 1 fully saturated rings. The van der Waals surface area contributed by atoms with E-state index >= 15 is 0 Å². The van der Waals surface area contributed by atoms with E-state index in [-0.39, 0.29) is 10.5 Å². The summed E-state index contributed by atoms with van der Waals surface area (Å²) in [5, 5.41) is 4.56. The van der Waals surface area contributed by atoms with Gasteiger partial charge >= 0.3 is 5.97 Å². The number of nitrogens with zero attached hydrogens (tertiary/aromatic N) is 1. The smallest absolute Gasteiger partial charge is 0.338 e. The molecule has 9 heteroatoms. The summed E-state index contributed by atoms with van der Waals surface area (Å²) >= 11 is 1.52. The Bertz CT molecular complexity index is 904. The van der Waals surface area contributed by atoms with Crippen LogP contribution in [-0.2, 0) is 26.1 Å². The van der Waals surface area contributed by atoms with Crippen molar-refractivity contribution >= 4 is 33.2 Å². The average molecular weight is 409 g/mol. The van der Waals surface area contributed by atoms with Gasteiger partial charge in [-0.3, -0.25) is 4.79 Å². The largest absolute Gasteiger partial charge is 0.452 e. The molecule has 7 nitrogen and oxygen atoms in total. The Hall–Kier alpha value is -2.23. The van der Waals surface area contributed by atoms with Crippen LogP contribution in [0, 0.1) is 0 Å². The zero-order valence-electron chi connectivity index (χ0n) is 14.6. The summed E-state index contributed by atoms with van der Waals surface area (Å²) in [4.78, 5) is 25.0. The third-order valence-electron chi connectivity index (χ3n) is 4.15. The number of carbonyl (C=O) groups excluding carboxylic acids is 2. The highest BCUT2D eigenvalue weighted by molar-refractivity contribution is 7.89. The summed E-state index contributed by atoms with van der Waals surface area (Å²) in [6, 6.07) is 9.49. The van der Waals surface area contributed by atoms with Crippen molar-refractivity contribution < 1.29 is 22.7 Å². The van der Waals surface area contributed by atoms with E-state index in [1.54, 1.807) is 0 Å². The summed E-state index contributed by atoms with van der Waals surface area (Å²) in [5.41, 5.74) is 0.0985. The Labute approximate surface area is 162 Å². The Morgan fingerprint density at radius 1 is 1.15 bits per heavy atom. The topological polar surface area (TPSA) is 92.8 Å². The molecule has 0 spiro atoms. The number of esters is 1. The fourth-order valence-corrected chi connectivity index (χ4v) is 4.93. The molecule has 0 aliphatic carbocycles. The first-order valence-corrected chi connectivity index (χ1v) is 10.9. The second-order valence-electron chi connectivity index (χ2n) is 6.07. The number of hydrogen-bond acceptors (Lipinski definition) is 6. The summed E-state index contributed by atoms with van der Waals surface area (Å²) in [6.45, 7) is 0.924. The SMILES string of the molecule is O=C(COC(=O)c1cccc(S(=O)(=O)N2CCCC2)c1)NCc1cccs1. The minimum Gasteiger partial charge on any atom is -0.452 e. The number of rotatable bonds is 7. The van der Waals surface area contributed by atoms with Gasteiger partial charge in [0, 0.05) is 18.0 Å². The van der Waals surface area contributed by atoms with Gasteiger partial charge in [-0.05, 0) is 42.5 Å². The standard InChI is InChI=1S/C18H20N2O5S2/c21-17(19-12-15-6-4-10-26-15)13-25-18(22)14-5-3-7-16(11-14)27(23,24)20-8-1-2-9-20/h3-7,10-11H,1-2,8-9,12-13H2,(H,19,21). The molecule has 0 atom stereocenters. The molecule has 0 bridgehead atoms. The van der Waals surface area contributed by atoms with Crippen LogP contribution in [0.15, 0.2) is 46.7 Å². The fraction of sp³-hybridized carbons (Fsp3) is 0.333. The van der Waals surface area contributed by atoms with E-state index in [0.29, 0.717) is 19.6 Å². The zero-order chi connectivity index (χ0) is 19.3. The monoisotopic (exact) mass is 408 g/mol. The van der Waals surface area contributed by atoms with Gasteiger partial charge in [-0.25, -0.2) is 13.2 Å². The molecule has 0 saturated carbocycles. The van der Waals surface area contributed by atoms with Crippen LogP contribution in [-0.4, -0.2) is 44.3 Å². The quantitative estimate of drug-likeness (QED) is 0.708. The number of benzene rings is 1. The van der Waals surface area contributed by atoms with Crippen LogP contribution in [0.4, 0.5) is 0 Å². The molecule has 1 saturated heterocycles. The van der Waals surface area contributed by atoms with E-state index in [0.717, 1.165) is 17.7 Å². The maximum atomic E-state index is 12.6. The van der Waals surface area contributed by atoms with Crippen molar-refractivity contribution in [3.8, 4) is 0 Å². The Morgan fingerprint density at radius 3 is 2.63 bits per heavy atom. The first-order chi connectivity index (χ1) is 13.0. The van der Waals surface area contributed by atoms with Gasteiger partial charge in [0.05, 0.1) is 17.0 Å². The molecule has 1 aliphatic rings. The molecule has 1 N–H and O–H groups in total. The van der Waals surface area contributed by atoms with Crippen molar-refractivity contribution in [3.63, 3.8) is 0 Å². The van der Waals surface area contributed by atoms with Crippen molar-refractivity contribution in [3.05, 3.63) is 52.2 Å². The highest BCUT2D eigenvalue weighted by atomic mass is 32.2. The molecule has 0 unspecified atom stereocenters. The third kappa shape index (κ3) is 4.94. The van der Waals surface area contributed by atoms with Gasteiger partial charge in [0.1, 0.15) is 0 Å². The van der Waals surface area contributed by atoms with E-state index in [9.17, 15) is 18.0 Å². The number of ether oxygens (including phenoxy) is 1. The van der Waals surface area contributed by atoms with Gasteiger partial charge in [0.2, 0.25) is 10.0 Å². The zero-order valence-corrected chi connectivity index (χ0v) is 16.2. The molecular formula is C18H20N2O5S2. The van der Waals surface area contributed by atoms with Crippen LogP contribution in [0.1, 0.15) is 28.1 Å². The van der Waals surface area contributed by atoms with E-state index < -0.39 is 28.5 Å². The van der Waals surface area contributed by atoms with E-state index in [2.05, 4.69) is 5.32 Å². The van der Waals surface area contributed by atoms with E-state index in [4.69, 9.17) is 4.74 Å². The molecule has 144 valence electrons. The van der Waals surface area contributed by atoms with Crippen molar-refractivity contribution in [2.24, 2.45) is 0 Å². The van der Waals surface area contributed by atoms with Gasteiger partial charge in [0.15, 0.2) is 6.61 Å². The lowest BCUT2D eigenvalue weighted by atomic mass is 10.2. The maximum absolute atomic E-state index is 12.6. The van der Waals surface area contributed by atoms with Crippen LogP contribution in [0.2, 0.25) is 0 Å². The molecule has 3 rings (SSSR count). The van der Waals surface area contributed by atoms with Crippen molar-refractivity contribution in [2.45, 2.75) is 24.3 Å². The molecular weight excluding hydrogens is 388 g/mol. The van der Waals surface area contributed by atoms with Crippen LogP contribution in [0.3, 0.4) is 0 Å². The highest BCUT2D eigenvalue weighted by Gasteiger charge is 2.27. The van der Waals surface area contributed by atoms with Crippen molar-refractivity contribution in [2.75, 3.05) is 19.7 Å². The number of hydrogen-bond donors (Lipinski definition) is 1. The first kappa shape index (κ1) is 19.5. The molecule has 0 radical (unpaired) electrons. The molecule has 27 heavy (non-hydrogen) atoms. The summed E-state index contributed by atoms with van der Waals surface area (Å²) in [7, 11) is -3.61. The van der Waals surface area contributed by atoms with Gasteiger partial charge in [-0.15, -0.1) is 11.3 Å². The lowest BCUT2D eigenvalue weighted by molar-refractivity contribution is -0.124. The summed E-state index contributed by atoms with van der Waals surface area (Å²) in [5.74, 6) is -1.16. The van der Waals surface area contributed by atoms with E-state index in [1.807, 2.05) is 17.5 Å². The molecule has 1 aliphatic heterocycles. The first-order valence-electron chi connectivity index (χ1n) is 8.53. The molecule has 2 heterocycles. The van der Waals surface area contributed by atoms with Gasteiger partial charge in [0.25, 0.3) is 5.91 Å². The van der Waals surface area contributed by atoms with Crippen LogP contribution < -0.4 is 5.32 Å². The Morgan fingerprint density at radius 2 is 1.93 bits per heavy atom.